The lowest BCUT2D eigenvalue weighted by Gasteiger charge is -2.04. The van der Waals surface area contributed by atoms with Crippen molar-refractivity contribution < 1.29 is 13.7 Å². The fraction of sp³-hybridized carbons (Fsp3) is 0.211. The average molecular weight is 433 g/mol. The zero-order valence-corrected chi connectivity index (χ0v) is 16.5. The predicted molar refractivity (Wildman–Crippen MR) is 103 cm³/mol. The molecule has 8 heteroatoms. The van der Waals surface area contributed by atoms with Gasteiger partial charge in [-0.3, -0.25) is 4.79 Å². The molecule has 0 aliphatic heterocycles. The maximum Gasteiger partial charge on any atom is 0.244 e. The van der Waals surface area contributed by atoms with Crippen LogP contribution in [0, 0.1) is 19.7 Å². The third-order valence-corrected chi connectivity index (χ3v) is 4.46. The van der Waals surface area contributed by atoms with Crippen LogP contribution >= 0.6 is 15.9 Å². The summed E-state index contributed by atoms with van der Waals surface area (Å²) >= 11 is 3.28. The Labute approximate surface area is 164 Å². The van der Waals surface area contributed by atoms with E-state index in [0.29, 0.717) is 24.2 Å². The quantitative estimate of drug-likeness (QED) is 0.601. The summed E-state index contributed by atoms with van der Waals surface area (Å²) in [5.74, 6) is 0.0888. The Kier molecular flexibility index (Phi) is 5.85. The number of nitrogens with one attached hydrogen (secondary N) is 1. The molecule has 1 amide bonds. The third-order valence-electron chi connectivity index (χ3n) is 4.05. The highest BCUT2D eigenvalue weighted by molar-refractivity contribution is 9.10. The second-order valence-corrected chi connectivity index (χ2v) is 6.91. The zero-order chi connectivity index (χ0) is 19.4. The van der Waals surface area contributed by atoms with Crippen molar-refractivity contribution in [2.24, 2.45) is 0 Å². The van der Waals surface area contributed by atoms with Crippen LogP contribution in [0.5, 0.6) is 0 Å². The average Bonchev–Trinajstić information content (AvgIpc) is 3.20. The van der Waals surface area contributed by atoms with E-state index in [1.54, 1.807) is 30.6 Å². The lowest BCUT2D eigenvalue weighted by atomic mass is 10.1. The molecule has 0 bridgehead atoms. The summed E-state index contributed by atoms with van der Waals surface area (Å²) in [6.45, 7) is 4.18. The van der Waals surface area contributed by atoms with Crippen LogP contribution in [-0.2, 0) is 11.2 Å². The highest BCUT2D eigenvalue weighted by Crippen LogP contribution is 2.18. The number of amides is 1. The molecule has 0 aliphatic carbocycles. The van der Waals surface area contributed by atoms with E-state index in [0.717, 1.165) is 21.5 Å². The largest absolute Gasteiger partial charge is 0.361 e. The van der Waals surface area contributed by atoms with Crippen LogP contribution < -0.4 is 5.32 Å². The fourth-order valence-electron chi connectivity index (χ4n) is 2.65. The summed E-state index contributed by atoms with van der Waals surface area (Å²) in [6, 6.07) is 4.70. The molecule has 0 spiro atoms. The Morgan fingerprint density at radius 3 is 2.85 bits per heavy atom. The van der Waals surface area contributed by atoms with Crippen LogP contribution in [-0.4, -0.2) is 27.4 Å². The van der Waals surface area contributed by atoms with Gasteiger partial charge in [-0.15, -0.1) is 0 Å². The van der Waals surface area contributed by atoms with Gasteiger partial charge in [0, 0.05) is 24.4 Å². The lowest BCUT2D eigenvalue weighted by Crippen LogP contribution is -2.23. The van der Waals surface area contributed by atoms with Crippen molar-refractivity contribution in [1.29, 1.82) is 0 Å². The van der Waals surface area contributed by atoms with E-state index in [1.165, 1.54) is 16.8 Å². The van der Waals surface area contributed by atoms with E-state index >= 15 is 0 Å². The molecule has 0 radical (unpaired) electrons. The van der Waals surface area contributed by atoms with Gasteiger partial charge in [-0.1, -0.05) is 11.2 Å². The first-order chi connectivity index (χ1) is 12.9. The maximum absolute atomic E-state index is 14.3. The molecule has 0 atom stereocenters. The molecular weight excluding hydrogens is 415 g/mol. The van der Waals surface area contributed by atoms with E-state index in [4.69, 9.17) is 4.52 Å². The zero-order valence-electron chi connectivity index (χ0n) is 14.9. The van der Waals surface area contributed by atoms with Gasteiger partial charge in [-0.05, 0) is 60.0 Å². The second kappa shape index (κ2) is 8.30. The first kappa shape index (κ1) is 19.0. The molecule has 3 aromatic rings. The van der Waals surface area contributed by atoms with Gasteiger partial charge in [0.15, 0.2) is 0 Å². The third kappa shape index (κ3) is 4.71. The minimum absolute atomic E-state index is 0.248. The first-order valence-corrected chi connectivity index (χ1v) is 9.11. The highest BCUT2D eigenvalue weighted by atomic mass is 79.9. The fourth-order valence-corrected chi connectivity index (χ4v) is 2.93. The predicted octanol–water partition coefficient (Wildman–Crippen LogP) is 3.75. The van der Waals surface area contributed by atoms with Crippen LogP contribution in [0.25, 0.3) is 11.8 Å². The van der Waals surface area contributed by atoms with Crippen LogP contribution in [0.4, 0.5) is 4.39 Å². The molecular formula is C19H18BrFN4O2. The van der Waals surface area contributed by atoms with Gasteiger partial charge < -0.3 is 9.84 Å². The van der Waals surface area contributed by atoms with Crippen molar-refractivity contribution in [2.75, 3.05) is 6.54 Å². The Morgan fingerprint density at radius 1 is 1.41 bits per heavy atom. The number of aromatic nitrogens is 3. The number of aryl methyl sites for hydroxylation is 2. The van der Waals surface area contributed by atoms with Crippen LogP contribution in [0.15, 0.2) is 45.7 Å². The molecule has 0 saturated heterocycles. The minimum Gasteiger partial charge on any atom is -0.361 e. The van der Waals surface area contributed by atoms with E-state index < -0.39 is 5.82 Å². The van der Waals surface area contributed by atoms with Crippen molar-refractivity contribution >= 4 is 27.9 Å². The standard InChI is InChI=1S/C19H18BrFN4O2/c1-12-16(13(2)27-24-12)7-8-22-19(26)6-4-14-3-5-18(17(21)9-14)25-11-15(20)10-23-25/h3-6,9-11H,7-8H2,1-2H3,(H,22,26)/b6-4+. The van der Waals surface area contributed by atoms with E-state index in [2.05, 4.69) is 31.5 Å². The number of halogens is 2. The number of hydrogen-bond donors (Lipinski definition) is 1. The first-order valence-electron chi connectivity index (χ1n) is 8.32. The van der Waals surface area contributed by atoms with Gasteiger partial charge >= 0.3 is 0 Å². The molecule has 0 saturated carbocycles. The Hall–Kier alpha value is -2.74. The topological polar surface area (TPSA) is 73.0 Å². The number of hydrogen-bond acceptors (Lipinski definition) is 4. The highest BCUT2D eigenvalue weighted by Gasteiger charge is 2.09. The van der Waals surface area contributed by atoms with Gasteiger partial charge in [0.05, 0.1) is 16.4 Å². The van der Waals surface area contributed by atoms with E-state index in [9.17, 15) is 9.18 Å². The molecule has 1 aromatic carbocycles. The van der Waals surface area contributed by atoms with Crippen molar-refractivity contribution in [3.63, 3.8) is 0 Å². The SMILES string of the molecule is Cc1noc(C)c1CCNC(=O)/C=C/c1ccc(-n2cc(Br)cn2)c(F)c1. The maximum atomic E-state index is 14.3. The van der Waals surface area contributed by atoms with Gasteiger partial charge in [-0.25, -0.2) is 9.07 Å². The molecule has 0 unspecified atom stereocenters. The number of nitrogens with zero attached hydrogens (tertiary/aromatic N) is 3. The van der Waals surface area contributed by atoms with Gasteiger partial charge in [0.2, 0.25) is 5.91 Å². The number of carbonyl (C=O) groups excluding carboxylic acids is 1. The molecule has 2 heterocycles. The van der Waals surface area contributed by atoms with E-state index in [-0.39, 0.29) is 5.91 Å². The number of benzene rings is 1. The molecule has 0 aliphatic rings. The molecule has 0 fully saturated rings. The molecule has 2 aromatic heterocycles. The number of carbonyl (C=O) groups is 1. The summed E-state index contributed by atoms with van der Waals surface area (Å²) in [5.41, 5.74) is 2.75. The van der Waals surface area contributed by atoms with Crippen molar-refractivity contribution in [2.45, 2.75) is 20.3 Å². The van der Waals surface area contributed by atoms with Crippen LogP contribution in [0.1, 0.15) is 22.6 Å². The second-order valence-electron chi connectivity index (χ2n) is 5.99. The molecule has 1 N–H and O–H groups in total. The van der Waals surface area contributed by atoms with Gasteiger partial charge in [-0.2, -0.15) is 5.10 Å². The smallest absolute Gasteiger partial charge is 0.244 e. The van der Waals surface area contributed by atoms with Crippen LogP contribution in [0.3, 0.4) is 0 Å². The van der Waals surface area contributed by atoms with Crippen LogP contribution in [0.2, 0.25) is 0 Å². The van der Waals surface area contributed by atoms with Crippen molar-refractivity contribution in [3.8, 4) is 5.69 Å². The summed E-state index contributed by atoms with van der Waals surface area (Å²) < 4.78 is 21.6. The monoisotopic (exact) mass is 432 g/mol. The summed E-state index contributed by atoms with van der Waals surface area (Å²) in [4.78, 5) is 11.9. The summed E-state index contributed by atoms with van der Waals surface area (Å²) in [5, 5.41) is 10.7. The molecule has 140 valence electrons. The van der Waals surface area contributed by atoms with Gasteiger partial charge in [0.1, 0.15) is 17.3 Å². The summed E-state index contributed by atoms with van der Waals surface area (Å²) in [7, 11) is 0. The van der Waals surface area contributed by atoms with Gasteiger partial charge in [0.25, 0.3) is 0 Å². The van der Waals surface area contributed by atoms with Crippen molar-refractivity contribution in [3.05, 3.63) is 69.5 Å². The summed E-state index contributed by atoms with van der Waals surface area (Å²) in [6.07, 6.45) is 6.84. The molecule has 3 rings (SSSR count). The Balaban J connectivity index is 1.57. The Bertz CT molecular complexity index is 974. The minimum atomic E-state index is -0.424. The Morgan fingerprint density at radius 2 is 2.22 bits per heavy atom. The number of rotatable bonds is 6. The van der Waals surface area contributed by atoms with E-state index in [1.807, 2.05) is 13.8 Å². The molecule has 6 nitrogen and oxygen atoms in total. The van der Waals surface area contributed by atoms with Crippen molar-refractivity contribution in [1.82, 2.24) is 20.3 Å². The lowest BCUT2D eigenvalue weighted by molar-refractivity contribution is -0.116. The normalized spacial score (nSPS) is 11.3. The molecule has 27 heavy (non-hydrogen) atoms.